The summed E-state index contributed by atoms with van der Waals surface area (Å²) in [5, 5.41) is 26.4. The number of aromatic amines is 2. The zero-order valence-electron chi connectivity index (χ0n) is 36.5. The number of nitrogens with one attached hydrogen (secondary N) is 8. The predicted molar refractivity (Wildman–Crippen MR) is 254 cm³/mol. The molecular formula is C43H59N13O8S2. The number of nitrogens with two attached hydrogens (primary N) is 3. The average Bonchev–Trinajstić information content (AvgIpc) is 3.97. The van der Waals surface area contributed by atoms with E-state index in [9.17, 15) is 38.7 Å². The number of aliphatic carboxylic acids is 1. The Hall–Kier alpha value is -6.59. The number of aliphatic imine (C=N–C) groups is 1. The van der Waals surface area contributed by atoms with Crippen LogP contribution in [0.15, 0.2) is 78.3 Å². The minimum Gasteiger partial charge on any atom is -0.480 e. The van der Waals surface area contributed by atoms with E-state index in [4.69, 9.17) is 17.2 Å². The molecule has 356 valence electrons. The topological polar surface area (TPSA) is 347 Å². The van der Waals surface area contributed by atoms with Crippen molar-refractivity contribution in [3.63, 3.8) is 0 Å². The summed E-state index contributed by atoms with van der Waals surface area (Å²) >= 11 is 8.13. The fourth-order valence-electron chi connectivity index (χ4n) is 6.80. The first-order valence-corrected chi connectivity index (χ1v) is 22.4. The van der Waals surface area contributed by atoms with Crippen LogP contribution in [0, 0.1) is 5.92 Å². The van der Waals surface area contributed by atoms with Crippen LogP contribution in [0.1, 0.15) is 43.5 Å². The number of hydrogen-bond donors (Lipinski definition) is 14. The Morgan fingerprint density at radius 2 is 1.27 bits per heavy atom. The zero-order valence-corrected chi connectivity index (χ0v) is 38.3. The molecule has 0 bridgehead atoms. The number of thiol groups is 2. The molecule has 2 heterocycles. The number of guanidine groups is 1. The van der Waals surface area contributed by atoms with Crippen LogP contribution in [-0.4, -0.2) is 128 Å². The number of H-pyrrole nitrogens is 2. The van der Waals surface area contributed by atoms with E-state index in [1.54, 1.807) is 56.4 Å². The van der Waals surface area contributed by atoms with Crippen molar-refractivity contribution in [1.82, 2.24) is 46.9 Å². The Bertz CT molecular complexity index is 2290. The minimum absolute atomic E-state index is 0.0251. The van der Waals surface area contributed by atoms with Crippen LogP contribution in [0.25, 0.3) is 10.9 Å². The molecule has 66 heavy (non-hydrogen) atoms. The number of nitrogens with zero attached hydrogens (tertiary/aromatic N) is 2. The van der Waals surface area contributed by atoms with Crippen molar-refractivity contribution in [2.24, 2.45) is 28.1 Å². The number of imidazole rings is 1. The number of carbonyl (C=O) groups is 7. The standard InChI is InChI=1S/C43H59N13O8S2/c1-23(2)35(56-36(57)28(44)20-65)41(62)54-33(17-26-19-47-22-50-26)40(61)52-31(15-24-9-4-3-5-10-24)38(59)51-30(13-8-14-48-43(45)46)37(58)53-32(39(60)55-34(21-66)42(63)64)16-25-18-49-29-12-7-6-11-27(25)29/h3-7,9-12,18-19,22-23,28,30-35,49,65-66H,8,13-17,20-21,44H2,1-2H3,(H,47,50)(H,51,59)(H,52,61)(H,53,58)(H,54,62)(H,55,60)(H,56,57)(H,63,64)(H4,45,46,48)/t28-,30-,31+,32-,33-,34-,35+/m0/s1. The van der Waals surface area contributed by atoms with Crippen LogP contribution in [0.5, 0.6) is 0 Å². The number of hydrogen-bond acceptors (Lipinski definition) is 12. The fraction of sp³-hybridized carbons (Fsp3) is 0.419. The van der Waals surface area contributed by atoms with Crippen molar-refractivity contribution in [3.05, 3.63) is 90.1 Å². The van der Waals surface area contributed by atoms with Crippen molar-refractivity contribution < 1.29 is 38.7 Å². The highest BCUT2D eigenvalue weighted by Crippen LogP contribution is 2.20. The molecule has 0 fully saturated rings. The van der Waals surface area contributed by atoms with Crippen LogP contribution in [0.3, 0.4) is 0 Å². The van der Waals surface area contributed by atoms with Gasteiger partial charge < -0.3 is 64.2 Å². The van der Waals surface area contributed by atoms with Gasteiger partial charge >= 0.3 is 5.97 Å². The number of aromatic nitrogens is 3. The van der Waals surface area contributed by atoms with Gasteiger partial charge in [-0.1, -0.05) is 62.4 Å². The second kappa shape index (κ2) is 25.8. The van der Waals surface area contributed by atoms with Gasteiger partial charge in [-0.3, -0.25) is 33.8 Å². The van der Waals surface area contributed by atoms with E-state index in [-0.39, 0.29) is 56.1 Å². The van der Waals surface area contributed by atoms with Gasteiger partial charge in [-0.15, -0.1) is 0 Å². The molecule has 23 heteroatoms. The second-order valence-corrected chi connectivity index (χ2v) is 16.6. The Balaban J connectivity index is 1.66. The molecule has 0 radical (unpaired) electrons. The lowest BCUT2D eigenvalue weighted by Crippen LogP contribution is -2.61. The summed E-state index contributed by atoms with van der Waals surface area (Å²) in [5.74, 6) is -6.68. The fourth-order valence-corrected chi connectivity index (χ4v) is 7.21. The van der Waals surface area contributed by atoms with Crippen LogP contribution in [-0.2, 0) is 52.8 Å². The van der Waals surface area contributed by atoms with Crippen molar-refractivity contribution in [2.45, 2.75) is 88.2 Å². The second-order valence-electron chi connectivity index (χ2n) is 15.8. The number of carboxylic acids is 1. The van der Waals surface area contributed by atoms with E-state index < -0.39 is 89.6 Å². The molecule has 15 N–H and O–H groups in total. The number of para-hydroxylation sites is 1. The number of benzene rings is 2. The van der Waals surface area contributed by atoms with Crippen LogP contribution in [0.2, 0.25) is 0 Å². The summed E-state index contributed by atoms with van der Waals surface area (Å²) in [6.07, 6.45) is 4.42. The quantitative estimate of drug-likeness (QED) is 0.0153. The predicted octanol–water partition coefficient (Wildman–Crippen LogP) is -1.19. The lowest BCUT2D eigenvalue weighted by Gasteiger charge is -2.28. The summed E-state index contributed by atoms with van der Waals surface area (Å²) in [5.41, 5.74) is 19.4. The third kappa shape index (κ3) is 15.8. The summed E-state index contributed by atoms with van der Waals surface area (Å²) in [4.78, 5) is 109. The van der Waals surface area contributed by atoms with Crippen molar-refractivity contribution in [1.29, 1.82) is 0 Å². The maximum Gasteiger partial charge on any atom is 0.327 e. The van der Waals surface area contributed by atoms with Crippen LogP contribution < -0.4 is 49.1 Å². The van der Waals surface area contributed by atoms with Gasteiger partial charge in [0.05, 0.1) is 12.4 Å². The molecular weight excluding hydrogens is 891 g/mol. The molecule has 4 aromatic rings. The van der Waals surface area contributed by atoms with Crippen LogP contribution >= 0.6 is 25.3 Å². The maximum absolute atomic E-state index is 14.5. The summed E-state index contributed by atoms with van der Waals surface area (Å²) in [7, 11) is 0. The smallest absolute Gasteiger partial charge is 0.327 e. The third-order valence-corrected chi connectivity index (χ3v) is 11.2. The van der Waals surface area contributed by atoms with Gasteiger partial charge in [0.15, 0.2) is 5.96 Å². The SMILES string of the molecule is CC(C)[C@@H](NC(=O)[C@@H](N)CS)C(=O)N[C@@H](Cc1cnc[nH]1)C(=O)N[C@H](Cc1ccccc1)C(=O)N[C@@H](CCCN=C(N)N)C(=O)N[C@@H](Cc1c[nH]c2ccccc12)C(=O)N[C@@H](CS)C(=O)O. The Morgan fingerprint density at radius 3 is 1.86 bits per heavy atom. The Morgan fingerprint density at radius 1 is 0.697 bits per heavy atom. The Kier molecular flexibility index (Phi) is 20.3. The maximum atomic E-state index is 14.5. The van der Waals surface area contributed by atoms with Gasteiger partial charge in [-0.2, -0.15) is 25.3 Å². The molecule has 6 amide bonds. The normalized spacial score (nSPS) is 14.3. The van der Waals surface area contributed by atoms with E-state index in [0.717, 1.165) is 10.9 Å². The van der Waals surface area contributed by atoms with Crippen LogP contribution in [0.4, 0.5) is 0 Å². The largest absolute Gasteiger partial charge is 0.480 e. The highest BCUT2D eigenvalue weighted by atomic mass is 32.1. The molecule has 0 unspecified atom stereocenters. The Labute approximate surface area is 392 Å². The third-order valence-electron chi connectivity index (χ3n) is 10.4. The molecule has 0 spiro atoms. The molecule has 7 atom stereocenters. The molecule has 2 aromatic carbocycles. The first kappa shape index (κ1) is 52.0. The number of carbonyl (C=O) groups excluding carboxylic acids is 6. The monoisotopic (exact) mass is 949 g/mol. The molecule has 0 aliphatic carbocycles. The van der Waals surface area contributed by atoms with E-state index in [2.05, 4.69) is 77.1 Å². The minimum atomic E-state index is -1.38. The van der Waals surface area contributed by atoms with Gasteiger partial charge in [0.2, 0.25) is 35.4 Å². The molecule has 0 aliphatic rings. The van der Waals surface area contributed by atoms with Gasteiger partial charge in [-0.25, -0.2) is 9.78 Å². The summed E-state index contributed by atoms with van der Waals surface area (Å²) in [6.45, 7) is 3.48. The number of fused-ring (bicyclic) bond motifs is 1. The zero-order chi connectivity index (χ0) is 48.3. The molecule has 0 aliphatic heterocycles. The molecule has 0 saturated carbocycles. The highest BCUT2D eigenvalue weighted by Gasteiger charge is 2.35. The highest BCUT2D eigenvalue weighted by molar-refractivity contribution is 7.80. The van der Waals surface area contributed by atoms with Gasteiger partial charge in [0.1, 0.15) is 36.3 Å². The number of carboxylic acid groups (broad SMARTS) is 1. The lowest BCUT2D eigenvalue weighted by atomic mass is 10.0. The average molecular weight is 950 g/mol. The van der Waals surface area contributed by atoms with E-state index in [1.165, 1.54) is 12.5 Å². The van der Waals surface area contributed by atoms with E-state index in [0.29, 0.717) is 16.8 Å². The van der Waals surface area contributed by atoms with Crippen molar-refractivity contribution in [3.8, 4) is 0 Å². The molecule has 2 aromatic heterocycles. The van der Waals surface area contributed by atoms with Gasteiger partial charge in [-0.05, 0) is 36.0 Å². The van der Waals surface area contributed by atoms with Gasteiger partial charge in [0, 0.05) is 66.3 Å². The van der Waals surface area contributed by atoms with E-state index in [1.807, 2.05) is 18.2 Å². The molecule has 21 nitrogen and oxygen atoms in total. The first-order valence-electron chi connectivity index (χ1n) is 21.1. The van der Waals surface area contributed by atoms with Crippen molar-refractivity contribution >= 4 is 83.5 Å². The number of amides is 6. The summed E-state index contributed by atoms with van der Waals surface area (Å²) < 4.78 is 0. The number of rotatable bonds is 26. The first-order chi connectivity index (χ1) is 31.5. The summed E-state index contributed by atoms with van der Waals surface area (Å²) in [6, 6.07) is 7.21. The molecule has 4 rings (SSSR count). The van der Waals surface area contributed by atoms with Crippen molar-refractivity contribution in [2.75, 3.05) is 18.1 Å². The van der Waals surface area contributed by atoms with E-state index >= 15 is 0 Å². The lowest BCUT2D eigenvalue weighted by molar-refractivity contribution is -0.141. The van der Waals surface area contributed by atoms with Gasteiger partial charge in [0.25, 0.3) is 0 Å². The molecule has 0 saturated heterocycles.